The molecule has 0 saturated carbocycles. The molecule has 3 aromatic carbocycles. The van der Waals surface area contributed by atoms with Crippen molar-refractivity contribution in [3.05, 3.63) is 84.9 Å². The molecule has 0 bridgehead atoms. The van der Waals surface area contributed by atoms with Crippen molar-refractivity contribution in [3.8, 4) is 11.5 Å². The van der Waals surface area contributed by atoms with E-state index in [0.717, 1.165) is 36.0 Å². The van der Waals surface area contributed by atoms with Gasteiger partial charge in [0.2, 0.25) is 0 Å². The van der Waals surface area contributed by atoms with E-state index in [2.05, 4.69) is 60.2 Å². The van der Waals surface area contributed by atoms with Crippen LogP contribution in [0.3, 0.4) is 0 Å². The number of hydrogen-bond acceptors (Lipinski definition) is 6. The van der Waals surface area contributed by atoms with E-state index in [1.807, 2.05) is 60.7 Å². The number of para-hydroxylation sites is 2. The number of benzene rings is 3. The molecule has 2 unspecified atom stereocenters. The average molecular weight is 441 g/mol. The molecule has 0 heterocycles. The van der Waals surface area contributed by atoms with Gasteiger partial charge in [-0.2, -0.15) is 25.3 Å². The van der Waals surface area contributed by atoms with E-state index in [0.29, 0.717) is 13.2 Å². The van der Waals surface area contributed by atoms with Crippen molar-refractivity contribution in [2.75, 3.05) is 36.9 Å². The third kappa shape index (κ3) is 8.13. The smallest absolute Gasteiger partial charge is 0.119 e. The third-order valence-corrected chi connectivity index (χ3v) is 5.00. The van der Waals surface area contributed by atoms with Crippen LogP contribution in [0.2, 0.25) is 0 Å². The van der Waals surface area contributed by atoms with Crippen LogP contribution in [0.15, 0.2) is 84.9 Å². The van der Waals surface area contributed by atoms with Gasteiger partial charge >= 0.3 is 0 Å². The molecule has 0 aromatic heterocycles. The summed E-state index contributed by atoms with van der Waals surface area (Å²) < 4.78 is 11.5. The van der Waals surface area contributed by atoms with Gasteiger partial charge in [-0.05, 0) is 48.5 Å². The first-order valence-electron chi connectivity index (χ1n) is 9.98. The van der Waals surface area contributed by atoms with E-state index < -0.39 is 0 Å². The molecule has 0 aliphatic heterocycles. The molecule has 0 amide bonds. The topological polar surface area (TPSA) is 42.5 Å². The van der Waals surface area contributed by atoms with Crippen molar-refractivity contribution < 1.29 is 9.47 Å². The Morgan fingerprint density at radius 2 is 0.933 bits per heavy atom. The Labute approximate surface area is 189 Å². The zero-order chi connectivity index (χ0) is 21.0. The van der Waals surface area contributed by atoms with Crippen LogP contribution in [-0.2, 0) is 0 Å². The molecule has 2 N–H and O–H groups in total. The molecule has 30 heavy (non-hydrogen) atoms. The highest BCUT2D eigenvalue weighted by Crippen LogP contribution is 2.16. The van der Waals surface area contributed by atoms with Crippen molar-refractivity contribution in [2.45, 2.75) is 10.5 Å². The summed E-state index contributed by atoms with van der Waals surface area (Å²) >= 11 is 9.19. The fourth-order valence-electron chi connectivity index (χ4n) is 2.71. The molecule has 2 atom stereocenters. The van der Waals surface area contributed by atoms with E-state index in [4.69, 9.17) is 9.47 Å². The summed E-state index contributed by atoms with van der Waals surface area (Å²) in [7, 11) is 0. The van der Waals surface area contributed by atoms with Crippen molar-refractivity contribution in [1.29, 1.82) is 0 Å². The molecule has 3 aromatic rings. The number of hydrogen-bond donors (Lipinski definition) is 4. The lowest BCUT2D eigenvalue weighted by Gasteiger charge is -2.16. The molecule has 158 valence electrons. The molecule has 0 fully saturated rings. The second-order valence-electron chi connectivity index (χ2n) is 6.89. The van der Waals surface area contributed by atoms with Crippen molar-refractivity contribution in [3.63, 3.8) is 0 Å². The Kier molecular flexibility index (Phi) is 9.12. The number of rotatable bonds is 12. The minimum atomic E-state index is 0.0950. The molecule has 6 heteroatoms. The molecule has 0 radical (unpaired) electrons. The van der Waals surface area contributed by atoms with Gasteiger partial charge < -0.3 is 20.1 Å². The van der Waals surface area contributed by atoms with Crippen molar-refractivity contribution >= 4 is 36.6 Å². The molecular weight excluding hydrogens is 412 g/mol. The summed E-state index contributed by atoms with van der Waals surface area (Å²) in [5.74, 6) is 1.73. The average Bonchev–Trinajstić information content (AvgIpc) is 2.80. The number of thiol groups is 2. The molecule has 0 saturated heterocycles. The SMILES string of the molecule is SC(CNc1ccc(NCC(S)COc2ccccc2)cc1)COc1ccccc1. The predicted molar refractivity (Wildman–Crippen MR) is 133 cm³/mol. The Bertz CT molecular complexity index is 776. The van der Waals surface area contributed by atoms with Crippen molar-refractivity contribution in [1.82, 2.24) is 0 Å². The fourth-order valence-corrected chi connectivity index (χ4v) is 3.05. The lowest BCUT2D eigenvalue weighted by Crippen LogP contribution is -2.22. The maximum atomic E-state index is 5.73. The quantitative estimate of drug-likeness (QED) is 0.290. The normalized spacial score (nSPS) is 12.6. The van der Waals surface area contributed by atoms with Crippen LogP contribution in [0.4, 0.5) is 11.4 Å². The van der Waals surface area contributed by atoms with E-state index in [1.54, 1.807) is 0 Å². The summed E-state index contributed by atoms with van der Waals surface area (Å²) in [6.07, 6.45) is 0. The number of nitrogens with one attached hydrogen (secondary N) is 2. The lowest BCUT2D eigenvalue weighted by molar-refractivity contribution is 0.320. The third-order valence-electron chi connectivity index (χ3n) is 4.34. The zero-order valence-corrected chi connectivity index (χ0v) is 18.6. The summed E-state index contributed by atoms with van der Waals surface area (Å²) in [6.45, 7) is 2.54. The van der Waals surface area contributed by atoms with Gasteiger partial charge in [0.1, 0.15) is 24.7 Å². The highest BCUT2D eigenvalue weighted by atomic mass is 32.1. The summed E-state index contributed by atoms with van der Waals surface area (Å²) in [4.78, 5) is 0. The van der Waals surface area contributed by atoms with Crippen LogP contribution in [0, 0.1) is 0 Å². The lowest BCUT2D eigenvalue weighted by atomic mass is 10.2. The summed E-state index contributed by atoms with van der Waals surface area (Å²) in [6, 6.07) is 27.8. The van der Waals surface area contributed by atoms with Crippen LogP contribution in [-0.4, -0.2) is 36.8 Å². The second kappa shape index (κ2) is 12.3. The Hall–Kier alpha value is -2.44. The van der Waals surface area contributed by atoms with Crippen LogP contribution >= 0.6 is 25.3 Å². The summed E-state index contributed by atoms with van der Waals surface area (Å²) in [5, 5.41) is 6.97. The molecule has 0 aliphatic carbocycles. The first-order valence-corrected chi connectivity index (χ1v) is 11.0. The van der Waals surface area contributed by atoms with Gasteiger partial charge in [0.15, 0.2) is 0 Å². The highest BCUT2D eigenvalue weighted by molar-refractivity contribution is 7.81. The van der Waals surface area contributed by atoms with E-state index in [9.17, 15) is 0 Å². The molecule has 4 nitrogen and oxygen atoms in total. The minimum Gasteiger partial charge on any atom is -0.492 e. The van der Waals surface area contributed by atoms with Gasteiger partial charge in [0, 0.05) is 24.5 Å². The predicted octanol–water partition coefficient (Wildman–Crippen LogP) is 5.27. The van der Waals surface area contributed by atoms with Gasteiger partial charge in [-0.1, -0.05) is 36.4 Å². The van der Waals surface area contributed by atoms with Crippen LogP contribution in [0.25, 0.3) is 0 Å². The Balaban J connectivity index is 1.33. The second-order valence-corrected chi connectivity index (χ2v) is 8.36. The standard InChI is InChI=1S/C24H28N2O2S2/c29-23(17-27-21-7-3-1-4-8-21)15-25-19-11-13-20(14-12-19)26-16-24(30)18-28-22-9-5-2-6-10-22/h1-14,23-26,29-30H,15-18H2. The van der Waals surface area contributed by atoms with Crippen LogP contribution < -0.4 is 20.1 Å². The van der Waals surface area contributed by atoms with Crippen LogP contribution in [0.1, 0.15) is 0 Å². The molecular formula is C24H28N2O2S2. The molecule has 3 rings (SSSR count). The minimum absolute atomic E-state index is 0.0950. The summed E-state index contributed by atoms with van der Waals surface area (Å²) in [5.41, 5.74) is 2.10. The maximum absolute atomic E-state index is 5.73. The largest absolute Gasteiger partial charge is 0.492 e. The highest BCUT2D eigenvalue weighted by Gasteiger charge is 2.06. The number of ether oxygens (including phenoxy) is 2. The first kappa shape index (κ1) is 22.2. The Morgan fingerprint density at radius 3 is 1.30 bits per heavy atom. The van der Waals surface area contributed by atoms with Gasteiger partial charge in [-0.25, -0.2) is 0 Å². The van der Waals surface area contributed by atoms with Gasteiger partial charge in [0.05, 0.1) is 10.5 Å². The van der Waals surface area contributed by atoms with E-state index in [-0.39, 0.29) is 10.5 Å². The maximum Gasteiger partial charge on any atom is 0.119 e. The van der Waals surface area contributed by atoms with Gasteiger partial charge in [-0.15, -0.1) is 0 Å². The van der Waals surface area contributed by atoms with Crippen molar-refractivity contribution in [2.24, 2.45) is 0 Å². The first-order chi connectivity index (χ1) is 14.7. The van der Waals surface area contributed by atoms with Gasteiger partial charge in [-0.3, -0.25) is 0 Å². The molecule has 0 spiro atoms. The van der Waals surface area contributed by atoms with Gasteiger partial charge in [0.25, 0.3) is 0 Å². The monoisotopic (exact) mass is 440 g/mol. The van der Waals surface area contributed by atoms with E-state index in [1.165, 1.54) is 0 Å². The van der Waals surface area contributed by atoms with Crippen LogP contribution in [0.5, 0.6) is 11.5 Å². The fraction of sp³-hybridized carbons (Fsp3) is 0.250. The van der Waals surface area contributed by atoms with E-state index >= 15 is 0 Å². The molecule has 0 aliphatic rings. The number of anilines is 2. The Morgan fingerprint density at radius 1 is 0.567 bits per heavy atom. The zero-order valence-electron chi connectivity index (χ0n) is 16.8.